The van der Waals surface area contributed by atoms with Crippen molar-refractivity contribution in [2.24, 2.45) is 0 Å². The maximum absolute atomic E-state index is 14.9. The number of nitrogens with one attached hydrogen (secondary N) is 1. The van der Waals surface area contributed by atoms with E-state index < -0.39 is 11.9 Å². The number of benzene rings is 1. The molecule has 5 nitrogen and oxygen atoms in total. The number of hydrogen-bond donors (Lipinski definition) is 1. The largest absolute Gasteiger partial charge is 0.464 e. The van der Waals surface area contributed by atoms with Crippen LogP contribution in [0.3, 0.4) is 0 Å². The number of hydrogen-bond acceptors (Lipinski definition) is 4. The molecule has 1 atom stereocenters. The summed E-state index contributed by atoms with van der Waals surface area (Å²) >= 11 is 1.45. The Balaban J connectivity index is 1.75. The van der Waals surface area contributed by atoms with Gasteiger partial charge in [0.05, 0.1) is 12.1 Å². The van der Waals surface area contributed by atoms with E-state index in [0.717, 1.165) is 30.6 Å². The van der Waals surface area contributed by atoms with E-state index in [2.05, 4.69) is 5.32 Å². The van der Waals surface area contributed by atoms with Crippen molar-refractivity contribution in [3.63, 3.8) is 0 Å². The van der Waals surface area contributed by atoms with Gasteiger partial charge in [0.1, 0.15) is 17.3 Å². The van der Waals surface area contributed by atoms with E-state index in [-0.39, 0.29) is 30.0 Å². The first-order valence-electron chi connectivity index (χ1n) is 10.5. The maximum atomic E-state index is 14.9. The van der Waals surface area contributed by atoms with E-state index in [1.54, 1.807) is 31.2 Å². The number of aryl methyl sites for hydroxylation is 1. The van der Waals surface area contributed by atoms with Crippen molar-refractivity contribution in [1.29, 1.82) is 0 Å². The van der Waals surface area contributed by atoms with Gasteiger partial charge in [-0.1, -0.05) is 31.0 Å². The van der Waals surface area contributed by atoms with E-state index in [1.165, 1.54) is 28.4 Å². The van der Waals surface area contributed by atoms with Crippen LogP contribution in [0.2, 0.25) is 0 Å². The van der Waals surface area contributed by atoms with Gasteiger partial charge in [0, 0.05) is 10.9 Å². The molecule has 1 fully saturated rings. The highest BCUT2D eigenvalue weighted by atomic mass is 32.1. The average molecular weight is 441 g/mol. The fourth-order valence-corrected chi connectivity index (χ4v) is 4.73. The van der Waals surface area contributed by atoms with Crippen molar-refractivity contribution in [3.05, 3.63) is 76.1 Å². The van der Waals surface area contributed by atoms with Crippen LogP contribution in [-0.4, -0.2) is 17.9 Å². The molecule has 7 heteroatoms. The van der Waals surface area contributed by atoms with Crippen LogP contribution < -0.4 is 10.2 Å². The van der Waals surface area contributed by atoms with E-state index >= 15 is 0 Å². The quantitative estimate of drug-likeness (QED) is 0.552. The smallest absolute Gasteiger partial charge is 0.251 e. The minimum atomic E-state index is -1.10. The second-order valence-corrected chi connectivity index (χ2v) is 8.84. The lowest BCUT2D eigenvalue weighted by atomic mass is 10.1. The van der Waals surface area contributed by atoms with Crippen LogP contribution in [0.4, 0.5) is 10.1 Å². The highest BCUT2D eigenvalue weighted by Crippen LogP contribution is 2.32. The zero-order chi connectivity index (χ0) is 21.8. The standard InChI is InChI=1S/C24H25FN2O3S/c1-16-12-13-21(30-16)23(24(29)26-17-7-2-3-8-17)27(20-11-5-4-10-19(20)25)22(28)15-18-9-6-14-31-18/h4-6,9-14,17,23H,2-3,7-8,15H2,1H3,(H,26,29)/t23-/m1/s1. The van der Waals surface area contributed by atoms with Gasteiger partial charge in [-0.2, -0.15) is 0 Å². The predicted octanol–water partition coefficient (Wildman–Crippen LogP) is 5.16. The molecule has 0 unspecified atom stereocenters. The minimum Gasteiger partial charge on any atom is -0.464 e. The number of nitrogens with zero attached hydrogens (tertiary/aromatic N) is 1. The van der Waals surface area contributed by atoms with Crippen LogP contribution in [-0.2, 0) is 16.0 Å². The van der Waals surface area contributed by atoms with Gasteiger partial charge in [-0.3, -0.25) is 14.5 Å². The number of halogens is 1. The van der Waals surface area contributed by atoms with Gasteiger partial charge in [-0.05, 0) is 55.5 Å². The number of anilines is 1. The molecule has 1 aliphatic rings. The topological polar surface area (TPSA) is 62.6 Å². The summed E-state index contributed by atoms with van der Waals surface area (Å²) < 4.78 is 20.7. The lowest BCUT2D eigenvalue weighted by Crippen LogP contribution is -2.47. The van der Waals surface area contributed by atoms with Crippen molar-refractivity contribution in [1.82, 2.24) is 5.32 Å². The number of para-hydroxylation sites is 1. The molecule has 31 heavy (non-hydrogen) atoms. The first kappa shape index (κ1) is 21.3. The summed E-state index contributed by atoms with van der Waals surface area (Å²) in [7, 11) is 0. The Morgan fingerprint density at radius 2 is 1.94 bits per heavy atom. The molecule has 0 radical (unpaired) electrons. The van der Waals surface area contributed by atoms with Crippen molar-refractivity contribution >= 4 is 28.8 Å². The highest BCUT2D eigenvalue weighted by Gasteiger charge is 2.37. The first-order chi connectivity index (χ1) is 15.0. The Hall–Kier alpha value is -2.93. The van der Waals surface area contributed by atoms with Gasteiger partial charge in [0.2, 0.25) is 5.91 Å². The molecule has 4 rings (SSSR count). The van der Waals surface area contributed by atoms with Gasteiger partial charge in [-0.15, -0.1) is 11.3 Å². The third kappa shape index (κ3) is 4.88. The third-order valence-electron chi connectivity index (χ3n) is 5.52. The molecular formula is C24H25FN2O3S. The molecule has 0 bridgehead atoms. The summed E-state index contributed by atoms with van der Waals surface area (Å²) in [6.07, 6.45) is 3.99. The van der Waals surface area contributed by atoms with E-state index in [9.17, 15) is 14.0 Å². The fraction of sp³-hybridized carbons (Fsp3) is 0.333. The monoisotopic (exact) mass is 440 g/mol. The van der Waals surface area contributed by atoms with Crippen molar-refractivity contribution in [2.45, 2.75) is 51.1 Å². The number of furan rings is 1. The van der Waals surface area contributed by atoms with E-state index in [1.807, 2.05) is 17.5 Å². The van der Waals surface area contributed by atoms with Crippen LogP contribution in [0.15, 0.2) is 58.3 Å². The van der Waals surface area contributed by atoms with Crippen molar-refractivity contribution < 1.29 is 18.4 Å². The second-order valence-electron chi connectivity index (χ2n) is 7.81. The number of carbonyl (C=O) groups excluding carboxylic acids is 2. The molecule has 1 aromatic carbocycles. The Morgan fingerprint density at radius 1 is 1.16 bits per heavy atom. The fourth-order valence-electron chi connectivity index (χ4n) is 4.04. The van der Waals surface area contributed by atoms with Gasteiger partial charge >= 0.3 is 0 Å². The van der Waals surface area contributed by atoms with Crippen molar-refractivity contribution in [3.8, 4) is 0 Å². The normalized spacial score (nSPS) is 15.0. The number of thiophene rings is 1. The minimum absolute atomic E-state index is 0.0564. The molecule has 1 N–H and O–H groups in total. The average Bonchev–Trinajstić information content (AvgIpc) is 3.51. The molecule has 162 valence electrons. The highest BCUT2D eigenvalue weighted by molar-refractivity contribution is 7.10. The zero-order valence-electron chi connectivity index (χ0n) is 17.3. The predicted molar refractivity (Wildman–Crippen MR) is 118 cm³/mol. The molecule has 0 saturated heterocycles. The van der Waals surface area contributed by atoms with Crippen LogP contribution in [0.25, 0.3) is 0 Å². The van der Waals surface area contributed by atoms with E-state index in [4.69, 9.17) is 4.42 Å². The summed E-state index contributed by atoms with van der Waals surface area (Å²) in [4.78, 5) is 29.0. The molecule has 2 heterocycles. The number of amides is 2. The number of carbonyl (C=O) groups is 2. The van der Waals surface area contributed by atoms with Gasteiger partial charge in [0.25, 0.3) is 5.91 Å². The Kier molecular flexibility index (Phi) is 6.51. The molecule has 3 aromatic rings. The second kappa shape index (κ2) is 9.47. The summed E-state index contributed by atoms with van der Waals surface area (Å²) in [5.41, 5.74) is 0.0599. The van der Waals surface area contributed by atoms with E-state index in [0.29, 0.717) is 11.5 Å². The molecular weight excluding hydrogens is 415 g/mol. The summed E-state index contributed by atoms with van der Waals surface area (Å²) in [6.45, 7) is 1.77. The Morgan fingerprint density at radius 3 is 2.58 bits per heavy atom. The summed E-state index contributed by atoms with van der Waals surface area (Å²) in [5.74, 6) is -0.357. The first-order valence-corrected chi connectivity index (χ1v) is 11.4. The molecule has 0 spiro atoms. The van der Waals surface area contributed by atoms with Crippen molar-refractivity contribution in [2.75, 3.05) is 4.90 Å². The lowest BCUT2D eigenvalue weighted by Gasteiger charge is -2.31. The molecule has 1 aliphatic carbocycles. The maximum Gasteiger partial charge on any atom is 0.251 e. The summed E-state index contributed by atoms with van der Waals surface area (Å²) in [6, 6.07) is 12.1. The van der Waals surface area contributed by atoms with Crippen LogP contribution in [0.5, 0.6) is 0 Å². The van der Waals surface area contributed by atoms with Gasteiger partial charge in [0.15, 0.2) is 6.04 Å². The SMILES string of the molecule is Cc1ccc([C@H](C(=O)NC2CCCC2)N(C(=O)Cc2cccs2)c2ccccc2F)o1. The van der Waals surface area contributed by atoms with Gasteiger partial charge < -0.3 is 9.73 Å². The molecule has 2 aromatic heterocycles. The van der Waals surface area contributed by atoms with Gasteiger partial charge in [-0.25, -0.2) is 4.39 Å². The van der Waals surface area contributed by atoms with Crippen LogP contribution in [0, 0.1) is 12.7 Å². The number of rotatable bonds is 7. The zero-order valence-corrected chi connectivity index (χ0v) is 18.2. The summed E-state index contributed by atoms with van der Waals surface area (Å²) in [5, 5.41) is 4.94. The molecule has 0 aliphatic heterocycles. The van der Waals surface area contributed by atoms with Crippen LogP contribution >= 0.6 is 11.3 Å². The molecule has 2 amide bonds. The van der Waals surface area contributed by atoms with Crippen LogP contribution in [0.1, 0.15) is 48.1 Å². The lowest BCUT2D eigenvalue weighted by molar-refractivity contribution is -0.127. The molecule has 1 saturated carbocycles. The Labute approximate surface area is 184 Å². The Bertz CT molecular complexity index is 1040. The third-order valence-corrected chi connectivity index (χ3v) is 6.40.